The molecule has 0 radical (unpaired) electrons. The summed E-state index contributed by atoms with van der Waals surface area (Å²) in [7, 11) is -4.27. The third-order valence-electron chi connectivity index (χ3n) is 4.32. The van der Waals surface area contributed by atoms with E-state index in [9.17, 15) is 13.0 Å². The Morgan fingerprint density at radius 2 is 1.39 bits per heavy atom. The van der Waals surface area contributed by atoms with Crippen LogP contribution >= 0.6 is 0 Å². The van der Waals surface area contributed by atoms with Crippen molar-refractivity contribution in [3.63, 3.8) is 0 Å². The zero-order valence-electron chi connectivity index (χ0n) is 14.7. The van der Waals surface area contributed by atoms with Crippen molar-refractivity contribution in [3.05, 3.63) is 41.0 Å². The van der Waals surface area contributed by atoms with Crippen molar-refractivity contribution in [2.45, 2.75) is 64.2 Å². The van der Waals surface area contributed by atoms with Gasteiger partial charge in [0.25, 0.3) is 10.1 Å². The van der Waals surface area contributed by atoms with Gasteiger partial charge < -0.3 is 0 Å². The molecule has 2 rings (SSSR count). The van der Waals surface area contributed by atoms with Crippen molar-refractivity contribution in [1.29, 1.82) is 0 Å². The average Bonchev–Trinajstić information content (AvgIpc) is 2.42. The van der Waals surface area contributed by atoms with Crippen LogP contribution in [0.1, 0.15) is 76.0 Å². The fourth-order valence-corrected chi connectivity index (χ4v) is 4.29. The van der Waals surface area contributed by atoms with Gasteiger partial charge in [0.1, 0.15) is 0 Å². The van der Waals surface area contributed by atoms with Crippen LogP contribution in [0.5, 0.6) is 0 Å². The molecule has 0 amide bonds. The molecular weight excluding hydrogens is 308 g/mol. The van der Waals surface area contributed by atoms with Crippen LogP contribution < -0.4 is 0 Å². The summed E-state index contributed by atoms with van der Waals surface area (Å²) in [6.45, 7) is 12.2. The molecule has 0 heterocycles. The zero-order valence-corrected chi connectivity index (χ0v) is 15.5. The predicted octanol–water partition coefficient (Wildman–Crippen LogP) is 5.46. The zero-order chi connectivity index (χ0) is 17.5. The van der Waals surface area contributed by atoms with E-state index < -0.39 is 10.1 Å². The lowest BCUT2D eigenvalue weighted by Crippen LogP contribution is -2.10. The van der Waals surface area contributed by atoms with Gasteiger partial charge in [-0.25, -0.2) is 0 Å². The molecule has 0 atom stereocenters. The smallest absolute Gasteiger partial charge is 0.282 e. The van der Waals surface area contributed by atoms with Crippen LogP contribution in [0.3, 0.4) is 0 Å². The highest BCUT2D eigenvalue weighted by molar-refractivity contribution is 7.85. The number of hydrogen-bond acceptors (Lipinski definition) is 2. The topological polar surface area (TPSA) is 54.4 Å². The van der Waals surface area contributed by atoms with Gasteiger partial charge >= 0.3 is 0 Å². The maximum absolute atomic E-state index is 12.0. The monoisotopic (exact) mass is 334 g/mol. The quantitative estimate of drug-likeness (QED) is 0.756. The molecular formula is C19H26O3S. The van der Waals surface area contributed by atoms with E-state index in [0.717, 1.165) is 27.5 Å². The minimum atomic E-state index is -4.27. The van der Waals surface area contributed by atoms with Crippen molar-refractivity contribution < 1.29 is 13.0 Å². The second-order valence-corrected chi connectivity index (χ2v) is 8.47. The molecule has 0 aliphatic rings. The second-order valence-electron chi connectivity index (χ2n) is 7.08. The summed E-state index contributed by atoms with van der Waals surface area (Å²) < 4.78 is 33.8. The summed E-state index contributed by atoms with van der Waals surface area (Å²) in [6, 6.07) is 7.76. The van der Waals surface area contributed by atoms with Crippen LogP contribution in [0.25, 0.3) is 10.8 Å². The van der Waals surface area contributed by atoms with Crippen molar-refractivity contribution in [2.75, 3.05) is 0 Å². The molecule has 0 aliphatic carbocycles. The Bertz CT molecular complexity index is 831. The number of fused-ring (bicyclic) bond motifs is 1. The molecule has 2 aromatic carbocycles. The van der Waals surface area contributed by atoms with E-state index >= 15 is 0 Å². The molecule has 0 aromatic heterocycles. The summed E-state index contributed by atoms with van der Waals surface area (Å²) in [5.74, 6) is 0.452. The van der Waals surface area contributed by atoms with Crippen LogP contribution in [0.2, 0.25) is 0 Å². The molecule has 0 aliphatic heterocycles. The van der Waals surface area contributed by atoms with E-state index in [0.29, 0.717) is 0 Å². The number of hydrogen-bond donors (Lipinski definition) is 1. The van der Waals surface area contributed by atoms with Crippen LogP contribution in [0.15, 0.2) is 29.2 Å². The van der Waals surface area contributed by atoms with Crippen molar-refractivity contribution >= 4 is 20.9 Å². The van der Waals surface area contributed by atoms with Crippen LogP contribution in [0, 0.1) is 0 Å². The molecule has 0 unspecified atom stereocenters. The summed E-state index contributed by atoms with van der Waals surface area (Å²) >= 11 is 0. The molecule has 0 fully saturated rings. The fourth-order valence-electron chi connectivity index (χ4n) is 3.40. The van der Waals surface area contributed by atoms with E-state index in [4.69, 9.17) is 0 Å². The van der Waals surface area contributed by atoms with E-state index in [1.807, 2.05) is 26.0 Å². The van der Waals surface area contributed by atoms with Gasteiger partial charge in [-0.2, -0.15) is 8.42 Å². The van der Waals surface area contributed by atoms with Crippen molar-refractivity contribution in [2.24, 2.45) is 0 Å². The lowest BCUT2D eigenvalue weighted by atomic mass is 9.84. The lowest BCUT2D eigenvalue weighted by molar-refractivity contribution is 0.481. The van der Waals surface area contributed by atoms with Gasteiger partial charge in [0.15, 0.2) is 0 Å². The summed E-state index contributed by atoms with van der Waals surface area (Å²) in [5, 5.41) is 2.01. The molecule has 4 heteroatoms. The van der Waals surface area contributed by atoms with Gasteiger partial charge in [0, 0.05) is 0 Å². The van der Waals surface area contributed by atoms with Gasteiger partial charge in [0.2, 0.25) is 0 Å². The largest absolute Gasteiger partial charge is 0.294 e. The lowest BCUT2D eigenvalue weighted by Gasteiger charge is -2.23. The van der Waals surface area contributed by atoms with Crippen molar-refractivity contribution in [3.8, 4) is 0 Å². The first-order valence-electron chi connectivity index (χ1n) is 8.12. The predicted molar refractivity (Wildman–Crippen MR) is 96.0 cm³/mol. The first-order valence-corrected chi connectivity index (χ1v) is 9.56. The SMILES string of the molecule is CC(C)c1c(S(=O)(=O)O)cc2c(C(C)C)cccc2c1C(C)C. The maximum Gasteiger partial charge on any atom is 0.294 e. The van der Waals surface area contributed by atoms with Gasteiger partial charge in [-0.05, 0) is 51.3 Å². The Morgan fingerprint density at radius 3 is 1.83 bits per heavy atom. The highest BCUT2D eigenvalue weighted by Gasteiger charge is 2.25. The summed E-state index contributed by atoms with van der Waals surface area (Å²) in [6.07, 6.45) is 0. The third-order valence-corrected chi connectivity index (χ3v) is 5.21. The summed E-state index contributed by atoms with van der Waals surface area (Å²) in [5.41, 5.74) is 2.85. The van der Waals surface area contributed by atoms with E-state index in [2.05, 4.69) is 33.8 Å². The third kappa shape index (κ3) is 3.29. The Kier molecular flexibility index (Phi) is 4.88. The second kappa shape index (κ2) is 6.25. The standard InChI is InChI=1S/C19H26O3S/c1-11(2)14-8-7-9-15-16(14)10-17(23(20,21)22)19(13(5)6)18(15)12(3)4/h7-13H,1-6H3,(H,20,21,22). The average molecular weight is 334 g/mol. The van der Waals surface area contributed by atoms with Crippen molar-refractivity contribution in [1.82, 2.24) is 0 Å². The maximum atomic E-state index is 12.0. The van der Waals surface area contributed by atoms with Gasteiger partial charge in [-0.3, -0.25) is 4.55 Å². The Hall–Kier alpha value is -1.39. The summed E-state index contributed by atoms with van der Waals surface area (Å²) in [4.78, 5) is 0.0526. The number of benzene rings is 2. The molecule has 2 aromatic rings. The van der Waals surface area contributed by atoms with Crippen LogP contribution in [0.4, 0.5) is 0 Å². The molecule has 0 saturated heterocycles. The first kappa shape index (κ1) is 18.0. The van der Waals surface area contributed by atoms with Crippen LogP contribution in [-0.4, -0.2) is 13.0 Å². The van der Waals surface area contributed by atoms with E-state index in [1.54, 1.807) is 6.07 Å². The van der Waals surface area contributed by atoms with Gasteiger partial charge in [-0.15, -0.1) is 0 Å². The van der Waals surface area contributed by atoms with Crippen LogP contribution in [-0.2, 0) is 10.1 Å². The van der Waals surface area contributed by atoms with Gasteiger partial charge in [-0.1, -0.05) is 59.7 Å². The normalized spacial score (nSPS) is 12.8. The molecule has 0 bridgehead atoms. The van der Waals surface area contributed by atoms with E-state index in [1.165, 1.54) is 0 Å². The fraction of sp³-hybridized carbons (Fsp3) is 0.474. The molecule has 126 valence electrons. The molecule has 23 heavy (non-hydrogen) atoms. The minimum Gasteiger partial charge on any atom is -0.282 e. The molecule has 1 N–H and O–H groups in total. The highest BCUT2D eigenvalue weighted by Crippen LogP contribution is 2.40. The molecule has 3 nitrogen and oxygen atoms in total. The first-order chi connectivity index (χ1) is 10.6. The highest BCUT2D eigenvalue weighted by atomic mass is 32.2. The Balaban J connectivity index is 3.11. The molecule has 0 spiro atoms. The van der Waals surface area contributed by atoms with E-state index in [-0.39, 0.29) is 22.6 Å². The Labute approximate surface area is 139 Å². The number of rotatable bonds is 4. The Morgan fingerprint density at radius 1 is 0.826 bits per heavy atom. The van der Waals surface area contributed by atoms with Gasteiger partial charge in [0.05, 0.1) is 4.90 Å². The minimum absolute atomic E-state index is 0.0106. The molecule has 0 saturated carbocycles.